The SMILES string of the molecule is CC(C)Nc1nc(Nc2ccc(I)cc2)nc(N2CCOCC2)n1. The van der Waals surface area contributed by atoms with Crippen LogP contribution in [-0.2, 0) is 4.74 Å². The van der Waals surface area contributed by atoms with Gasteiger partial charge in [0.05, 0.1) is 13.2 Å². The van der Waals surface area contributed by atoms with Crippen molar-refractivity contribution in [2.45, 2.75) is 19.9 Å². The minimum atomic E-state index is 0.246. The second-order valence-electron chi connectivity index (χ2n) is 5.81. The van der Waals surface area contributed by atoms with Crippen LogP contribution in [0.5, 0.6) is 0 Å². The lowest BCUT2D eigenvalue weighted by Crippen LogP contribution is -2.37. The Morgan fingerprint density at radius 1 is 1.04 bits per heavy atom. The summed E-state index contributed by atoms with van der Waals surface area (Å²) >= 11 is 2.28. The molecule has 2 aromatic rings. The highest BCUT2D eigenvalue weighted by molar-refractivity contribution is 14.1. The van der Waals surface area contributed by atoms with Crippen molar-refractivity contribution in [3.8, 4) is 0 Å². The summed E-state index contributed by atoms with van der Waals surface area (Å²) in [7, 11) is 0. The highest BCUT2D eigenvalue weighted by atomic mass is 127. The van der Waals surface area contributed by atoms with E-state index in [1.807, 2.05) is 24.3 Å². The first-order chi connectivity index (χ1) is 11.6. The molecule has 7 nitrogen and oxygen atoms in total. The highest BCUT2D eigenvalue weighted by Crippen LogP contribution is 2.19. The molecule has 0 radical (unpaired) electrons. The Morgan fingerprint density at radius 2 is 1.71 bits per heavy atom. The monoisotopic (exact) mass is 440 g/mol. The largest absolute Gasteiger partial charge is 0.378 e. The molecule has 1 aliphatic rings. The molecular formula is C16H21IN6O. The minimum Gasteiger partial charge on any atom is -0.378 e. The Hall–Kier alpha value is -1.68. The number of halogens is 1. The predicted molar refractivity (Wildman–Crippen MR) is 104 cm³/mol. The maximum atomic E-state index is 5.41. The van der Waals surface area contributed by atoms with Crippen LogP contribution in [0.3, 0.4) is 0 Å². The lowest BCUT2D eigenvalue weighted by Gasteiger charge is -2.27. The molecule has 0 unspecified atom stereocenters. The lowest BCUT2D eigenvalue weighted by molar-refractivity contribution is 0.122. The van der Waals surface area contributed by atoms with Gasteiger partial charge >= 0.3 is 0 Å². The number of rotatable bonds is 5. The van der Waals surface area contributed by atoms with E-state index in [9.17, 15) is 0 Å². The van der Waals surface area contributed by atoms with E-state index in [-0.39, 0.29) is 6.04 Å². The third kappa shape index (κ3) is 4.67. The van der Waals surface area contributed by atoms with Gasteiger partial charge in [-0.25, -0.2) is 0 Å². The van der Waals surface area contributed by atoms with Gasteiger partial charge < -0.3 is 20.3 Å². The summed E-state index contributed by atoms with van der Waals surface area (Å²) in [5.41, 5.74) is 0.949. The fourth-order valence-electron chi connectivity index (χ4n) is 2.31. The number of ether oxygens (including phenoxy) is 1. The van der Waals surface area contributed by atoms with Gasteiger partial charge in [-0.05, 0) is 60.7 Å². The standard InChI is InChI=1S/C16H21IN6O/c1-11(2)18-14-20-15(19-13-5-3-12(17)4-6-13)22-16(21-14)23-7-9-24-10-8-23/h3-6,11H,7-10H2,1-2H3,(H2,18,19,20,21,22). The third-order valence-corrected chi connectivity index (χ3v) is 4.15. The molecule has 0 saturated carbocycles. The molecule has 0 spiro atoms. The normalized spacial score (nSPS) is 14.8. The fourth-order valence-corrected chi connectivity index (χ4v) is 2.67. The van der Waals surface area contributed by atoms with Crippen molar-refractivity contribution in [2.24, 2.45) is 0 Å². The Morgan fingerprint density at radius 3 is 2.38 bits per heavy atom. The zero-order valence-corrected chi connectivity index (χ0v) is 15.9. The molecular weight excluding hydrogens is 419 g/mol. The van der Waals surface area contributed by atoms with E-state index >= 15 is 0 Å². The Bertz CT molecular complexity index is 673. The first-order valence-electron chi connectivity index (χ1n) is 7.98. The van der Waals surface area contributed by atoms with Crippen molar-refractivity contribution in [3.63, 3.8) is 0 Å². The van der Waals surface area contributed by atoms with Gasteiger partial charge in [-0.3, -0.25) is 0 Å². The number of hydrogen-bond acceptors (Lipinski definition) is 7. The number of benzene rings is 1. The molecule has 1 fully saturated rings. The smallest absolute Gasteiger partial charge is 0.233 e. The molecule has 0 aliphatic carbocycles. The van der Waals surface area contributed by atoms with Crippen LogP contribution >= 0.6 is 22.6 Å². The van der Waals surface area contributed by atoms with Crippen LogP contribution in [0.2, 0.25) is 0 Å². The number of nitrogens with zero attached hydrogens (tertiary/aromatic N) is 4. The van der Waals surface area contributed by atoms with E-state index in [1.54, 1.807) is 0 Å². The summed E-state index contributed by atoms with van der Waals surface area (Å²) in [4.78, 5) is 15.7. The molecule has 2 heterocycles. The lowest BCUT2D eigenvalue weighted by atomic mass is 10.3. The van der Waals surface area contributed by atoms with Crippen molar-refractivity contribution in [1.29, 1.82) is 0 Å². The molecule has 128 valence electrons. The van der Waals surface area contributed by atoms with E-state index in [1.165, 1.54) is 3.57 Å². The third-order valence-electron chi connectivity index (χ3n) is 3.44. The molecule has 1 saturated heterocycles. The summed E-state index contributed by atoms with van der Waals surface area (Å²) in [6.45, 7) is 7.08. The number of anilines is 4. The van der Waals surface area contributed by atoms with Crippen LogP contribution in [0.25, 0.3) is 0 Å². The fraction of sp³-hybridized carbons (Fsp3) is 0.438. The molecule has 0 bridgehead atoms. The molecule has 0 amide bonds. The molecule has 0 atom stereocenters. The highest BCUT2D eigenvalue weighted by Gasteiger charge is 2.17. The van der Waals surface area contributed by atoms with Crippen molar-refractivity contribution in [3.05, 3.63) is 27.8 Å². The summed E-state index contributed by atoms with van der Waals surface area (Å²) in [5, 5.41) is 6.52. The topological polar surface area (TPSA) is 75.2 Å². The maximum Gasteiger partial charge on any atom is 0.233 e. The number of morpholine rings is 1. The molecule has 1 aromatic carbocycles. The maximum absolute atomic E-state index is 5.41. The predicted octanol–water partition coefficient (Wildman–Crippen LogP) is 2.88. The Labute approximate surface area is 155 Å². The second-order valence-corrected chi connectivity index (χ2v) is 7.06. The van der Waals surface area contributed by atoms with Crippen LogP contribution in [0.15, 0.2) is 24.3 Å². The first kappa shape index (κ1) is 17.2. The van der Waals surface area contributed by atoms with Gasteiger partial charge in [-0.1, -0.05) is 0 Å². The Balaban J connectivity index is 1.86. The van der Waals surface area contributed by atoms with Crippen LogP contribution in [0.1, 0.15) is 13.8 Å². The van der Waals surface area contributed by atoms with Gasteiger partial charge in [-0.15, -0.1) is 0 Å². The van der Waals surface area contributed by atoms with Crippen molar-refractivity contribution in [1.82, 2.24) is 15.0 Å². The minimum absolute atomic E-state index is 0.246. The van der Waals surface area contributed by atoms with Crippen molar-refractivity contribution < 1.29 is 4.74 Å². The quantitative estimate of drug-likeness (QED) is 0.693. The number of aromatic nitrogens is 3. The molecule has 24 heavy (non-hydrogen) atoms. The van der Waals surface area contributed by atoms with E-state index < -0.39 is 0 Å². The molecule has 1 aliphatic heterocycles. The summed E-state index contributed by atoms with van der Waals surface area (Å²) in [6, 6.07) is 8.35. The zero-order chi connectivity index (χ0) is 16.9. The summed E-state index contributed by atoms with van der Waals surface area (Å²) in [6.07, 6.45) is 0. The van der Waals surface area contributed by atoms with Crippen LogP contribution in [-0.4, -0.2) is 47.3 Å². The van der Waals surface area contributed by atoms with Crippen molar-refractivity contribution in [2.75, 3.05) is 41.8 Å². The van der Waals surface area contributed by atoms with Crippen LogP contribution in [0.4, 0.5) is 23.5 Å². The first-order valence-corrected chi connectivity index (χ1v) is 9.06. The number of hydrogen-bond donors (Lipinski definition) is 2. The summed E-state index contributed by atoms with van der Waals surface area (Å²) < 4.78 is 6.59. The van der Waals surface area contributed by atoms with E-state index in [2.05, 4.69) is 66.9 Å². The van der Waals surface area contributed by atoms with E-state index in [4.69, 9.17) is 4.74 Å². The van der Waals surface area contributed by atoms with Crippen molar-refractivity contribution >= 4 is 46.1 Å². The van der Waals surface area contributed by atoms with Gasteiger partial charge in [0, 0.05) is 28.4 Å². The van der Waals surface area contributed by atoms with Gasteiger partial charge in [0.15, 0.2) is 0 Å². The molecule has 3 rings (SSSR count). The molecule has 1 aromatic heterocycles. The van der Waals surface area contributed by atoms with Gasteiger partial charge in [0.25, 0.3) is 0 Å². The average molecular weight is 440 g/mol. The molecule has 2 N–H and O–H groups in total. The van der Waals surface area contributed by atoms with Gasteiger partial charge in [0.1, 0.15) is 0 Å². The summed E-state index contributed by atoms with van der Waals surface area (Å²) in [5.74, 6) is 1.79. The van der Waals surface area contributed by atoms with Crippen LogP contribution < -0.4 is 15.5 Å². The number of nitrogens with one attached hydrogen (secondary N) is 2. The average Bonchev–Trinajstić information content (AvgIpc) is 2.57. The van der Waals surface area contributed by atoms with Gasteiger partial charge in [0.2, 0.25) is 17.8 Å². The second kappa shape index (κ2) is 7.93. The van der Waals surface area contributed by atoms with E-state index in [0.717, 1.165) is 18.8 Å². The van der Waals surface area contributed by atoms with Crippen LogP contribution in [0, 0.1) is 3.57 Å². The van der Waals surface area contributed by atoms with Gasteiger partial charge in [-0.2, -0.15) is 15.0 Å². The molecule has 8 heteroatoms. The zero-order valence-electron chi connectivity index (χ0n) is 13.8. The van der Waals surface area contributed by atoms with E-state index in [0.29, 0.717) is 31.1 Å². The Kier molecular flexibility index (Phi) is 5.67.